The number of hydrogen-bond donors (Lipinski definition) is 7. The Hall–Kier alpha value is -3.48. The maximum atomic E-state index is 12.7. The molecule has 0 aliphatic heterocycles. The molecule has 1 rings (SSSR count). The lowest BCUT2D eigenvalue weighted by atomic mass is 10.0. The van der Waals surface area contributed by atoms with Crippen molar-refractivity contribution in [2.45, 2.75) is 64.2 Å². The van der Waals surface area contributed by atoms with Gasteiger partial charge >= 0.3 is 11.9 Å². The minimum absolute atomic E-state index is 0.0273. The summed E-state index contributed by atoms with van der Waals surface area (Å²) in [5.74, 6) is -4.82. The van der Waals surface area contributed by atoms with E-state index in [0.29, 0.717) is 5.69 Å². The topological polar surface area (TPSA) is 217 Å². The van der Waals surface area contributed by atoms with E-state index in [-0.39, 0.29) is 25.2 Å². The van der Waals surface area contributed by atoms with Crippen LogP contribution in [0.5, 0.6) is 0 Å². The number of carbonyl (C=O) groups is 5. The van der Waals surface area contributed by atoms with Gasteiger partial charge in [-0.2, -0.15) is 0 Å². The quantitative estimate of drug-likeness (QED) is 0.181. The lowest BCUT2D eigenvalue weighted by molar-refractivity contribution is -0.142. The number of nitrogens with zero attached hydrogens (tertiary/aromatic N) is 1. The first-order valence-corrected chi connectivity index (χ1v) is 10.0. The highest BCUT2D eigenvalue weighted by molar-refractivity contribution is 5.94. The summed E-state index contributed by atoms with van der Waals surface area (Å²) in [5.41, 5.74) is 6.13. The van der Waals surface area contributed by atoms with Crippen LogP contribution in [0.25, 0.3) is 0 Å². The SMILES string of the molecule is CC(NC(=O)C(N)CCC(=O)O)C(=O)NC(C(=O)NC(Cc1cnc[nH]1)C(=O)O)C(C)C. The van der Waals surface area contributed by atoms with E-state index in [0.717, 1.165) is 0 Å². The molecule has 178 valence electrons. The van der Waals surface area contributed by atoms with Gasteiger partial charge in [0.25, 0.3) is 0 Å². The number of aromatic nitrogens is 2. The smallest absolute Gasteiger partial charge is 0.326 e. The Balaban J connectivity index is 2.72. The van der Waals surface area contributed by atoms with Crippen molar-refractivity contribution in [3.05, 3.63) is 18.2 Å². The molecule has 0 bridgehead atoms. The number of carboxylic acid groups (broad SMARTS) is 2. The van der Waals surface area contributed by atoms with Crippen LogP contribution < -0.4 is 21.7 Å². The first-order chi connectivity index (χ1) is 14.9. The van der Waals surface area contributed by atoms with Gasteiger partial charge in [-0.15, -0.1) is 0 Å². The van der Waals surface area contributed by atoms with Crippen molar-refractivity contribution in [3.8, 4) is 0 Å². The molecule has 1 aromatic heterocycles. The Kier molecular flexibility index (Phi) is 10.3. The van der Waals surface area contributed by atoms with Gasteiger partial charge < -0.3 is 36.9 Å². The van der Waals surface area contributed by atoms with Gasteiger partial charge in [-0.05, 0) is 19.3 Å². The standard InChI is InChI=1S/C19H30N6O7/c1-9(2)15(18(30)24-13(19(31)32)6-11-7-21-8-22-11)25-16(28)10(3)23-17(29)12(20)4-5-14(26)27/h7-10,12-13,15H,4-6,20H2,1-3H3,(H,21,22)(H,23,29)(H,24,30)(H,25,28)(H,26,27)(H,31,32). The van der Waals surface area contributed by atoms with Gasteiger partial charge in [0.1, 0.15) is 18.1 Å². The van der Waals surface area contributed by atoms with Gasteiger partial charge in [0.15, 0.2) is 0 Å². The molecule has 0 aromatic carbocycles. The summed E-state index contributed by atoms with van der Waals surface area (Å²) in [6.45, 7) is 4.71. The average Bonchev–Trinajstić information content (AvgIpc) is 3.21. The zero-order valence-corrected chi connectivity index (χ0v) is 18.1. The Morgan fingerprint density at radius 2 is 1.69 bits per heavy atom. The number of carboxylic acids is 2. The molecule has 3 amide bonds. The summed E-state index contributed by atoms with van der Waals surface area (Å²) in [6.07, 6.45) is 2.40. The van der Waals surface area contributed by atoms with Crippen molar-refractivity contribution in [1.82, 2.24) is 25.9 Å². The Morgan fingerprint density at radius 3 is 2.19 bits per heavy atom. The number of rotatable bonds is 13. The highest BCUT2D eigenvalue weighted by Gasteiger charge is 2.30. The minimum Gasteiger partial charge on any atom is -0.481 e. The van der Waals surface area contributed by atoms with Crippen molar-refractivity contribution >= 4 is 29.7 Å². The summed E-state index contributed by atoms with van der Waals surface area (Å²) < 4.78 is 0. The maximum Gasteiger partial charge on any atom is 0.326 e. The fourth-order valence-corrected chi connectivity index (χ4v) is 2.69. The molecule has 1 aromatic rings. The van der Waals surface area contributed by atoms with E-state index in [1.807, 2.05) is 0 Å². The first-order valence-electron chi connectivity index (χ1n) is 10.0. The van der Waals surface area contributed by atoms with Crippen molar-refractivity contribution in [2.24, 2.45) is 11.7 Å². The molecule has 0 saturated carbocycles. The third-order valence-electron chi connectivity index (χ3n) is 4.60. The van der Waals surface area contributed by atoms with E-state index in [1.165, 1.54) is 19.4 Å². The molecular weight excluding hydrogens is 424 g/mol. The van der Waals surface area contributed by atoms with Crippen LogP contribution in [-0.2, 0) is 30.4 Å². The molecule has 13 nitrogen and oxygen atoms in total. The number of aliphatic carboxylic acids is 2. The Bertz CT molecular complexity index is 811. The molecule has 1 heterocycles. The summed E-state index contributed by atoms with van der Waals surface area (Å²) in [6, 6.07) is -4.48. The lowest BCUT2D eigenvalue weighted by Gasteiger charge is -2.26. The van der Waals surface area contributed by atoms with Crippen LogP contribution in [0.3, 0.4) is 0 Å². The summed E-state index contributed by atoms with van der Waals surface area (Å²) in [4.78, 5) is 65.9. The number of H-pyrrole nitrogens is 1. The molecule has 4 unspecified atom stereocenters. The number of hydrogen-bond acceptors (Lipinski definition) is 7. The third-order valence-corrected chi connectivity index (χ3v) is 4.60. The van der Waals surface area contributed by atoms with Crippen LogP contribution in [-0.4, -0.2) is 74.0 Å². The van der Waals surface area contributed by atoms with Crippen LogP contribution in [0.4, 0.5) is 0 Å². The summed E-state index contributed by atoms with van der Waals surface area (Å²) >= 11 is 0. The van der Waals surface area contributed by atoms with Crippen LogP contribution in [0.1, 0.15) is 39.3 Å². The molecule has 0 saturated heterocycles. The normalized spacial score (nSPS) is 14.7. The molecule has 0 radical (unpaired) electrons. The van der Waals surface area contributed by atoms with Gasteiger partial charge in [0.05, 0.1) is 12.4 Å². The van der Waals surface area contributed by atoms with E-state index in [4.69, 9.17) is 10.8 Å². The highest BCUT2D eigenvalue weighted by atomic mass is 16.4. The number of amides is 3. The molecule has 8 N–H and O–H groups in total. The van der Waals surface area contributed by atoms with E-state index in [1.54, 1.807) is 13.8 Å². The first kappa shape index (κ1) is 26.6. The molecule has 0 fully saturated rings. The average molecular weight is 454 g/mol. The van der Waals surface area contributed by atoms with Crippen LogP contribution in [0.15, 0.2) is 12.5 Å². The zero-order valence-electron chi connectivity index (χ0n) is 18.1. The largest absolute Gasteiger partial charge is 0.481 e. The van der Waals surface area contributed by atoms with Crippen molar-refractivity contribution in [2.75, 3.05) is 0 Å². The second kappa shape index (κ2) is 12.4. The predicted molar refractivity (Wildman–Crippen MR) is 111 cm³/mol. The molecule has 0 aliphatic carbocycles. The fourth-order valence-electron chi connectivity index (χ4n) is 2.69. The Morgan fingerprint density at radius 1 is 1.03 bits per heavy atom. The Labute approximate surface area is 184 Å². The summed E-state index contributed by atoms with van der Waals surface area (Å²) in [7, 11) is 0. The van der Waals surface area contributed by atoms with E-state index in [9.17, 15) is 29.1 Å². The zero-order chi connectivity index (χ0) is 24.4. The van der Waals surface area contributed by atoms with Crippen molar-refractivity contribution in [3.63, 3.8) is 0 Å². The molecule has 13 heteroatoms. The van der Waals surface area contributed by atoms with E-state index in [2.05, 4.69) is 25.9 Å². The second-order valence-electron chi connectivity index (χ2n) is 7.68. The fraction of sp³-hybridized carbons (Fsp3) is 0.579. The van der Waals surface area contributed by atoms with Gasteiger partial charge in [-0.3, -0.25) is 19.2 Å². The van der Waals surface area contributed by atoms with Gasteiger partial charge in [-0.25, -0.2) is 9.78 Å². The number of carbonyl (C=O) groups excluding carboxylic acids is 3. The third kappa shape index (κ3) is 8.71. The maximum absolute atomic E-state index is 12.7. The highest BCUT2D eigenvalue weighted by Crippen LogP contribution is 2.06. The summed E-state index contributed by atoms with van der Waals surface area (Å²) in [5, 5.41) is 25.3. The van der Waals surface area contributed by atoms with Crippen LogP contribution in [0, 0.1) is 5.92 Å². The number of aromatic amines is 1. The predicted octanol–water partition coefficient (Wildman–Crippen LogP) is -1.64. The second-order valence-corrected chi connectivity index (χ2v) is 7.68. The monoisotopic (exact) mass is 454 g/mol. The molecular formula is C19H30N6O7. The molecule has 32 heavy (non-hydrogen) atoms. The van der Waals surface area contributed by atoms with E-state index >= 15 is 0 Å². The lowest BCUT2D eigenvalue weighted by Crippen LogP contribution is -2.58. The molecule has 4 atom stereocenters. The number of nitrogens with two attached hydrogens (primary N) is 1. The van der Waals surface area contributed by atoms with Crippen molar-refractivity contribution in [1.29, 1.82) is 0 Å². The van der Waals surface area contributed by atoms with Crippen LogP contribution >= 0.6 is 0 Å². The molecule has 0 aliphatic rings. The van der Waals surface area contributed by atoms with E-state index < -0.39 is 53.8 Å². The number of imidazole rings is 1. The van der Waals surface area contributed by atoms with Gasteiger partial charge in [-0.1, -0.05) is 13.8 Å². The molecule has 0 spiro atoms. The number of nitrogens with one attached hydrogen (secondary N) is 4. The minimum atomic E-state index is -1.25. The van der Waals surface area contributed by atoms with Gasteiger partial charge in [0, 0.05) is 24.7 Å². The van der Waals surface area contributed by atoms with Crippen molar-refractivity contribution < 1.29 is 34.2 Å². The van der Waals surface area contributed by atoms with Crippen LogP contribution in [0.2, 0.25) is 0 Å². The van der Waals surface area contributed by atoms with Gasteiger partial charge in [0.2, 0.25) is 17.7 Å².